The lowest BCUT2D eigenvalue weighted by atomic mass is 10.1. The maximum Gasteiger partial charge on any atom is 0.161 e. The van der Waals surface area contributed by atoms with Crippen LogP contribution in [0.1, 0.15) is 20.3 Å². The zero-order valence-electron chi connectivity index (χ0n) is 11.4. The fourth-order valence-electron chi connectivity index (χ4n) is 2.03. The van der Waals surface area contributed by atoms with E-state index in [4.69, 9.17) is 4.74 Å². The normalized spacial score (nSPS) is 18.6. The van der Waals surface area contributed by atoms with Gasteiger partial charge in [-0.2, -0.15) is 0 Å². The zero-order valence-corrected chi connectivity index (χ0v) is 12.3. The van der Waals surface area contributed by atoms with Crippen molar-refractivity contribution in [2.45, 2.75) is 26.3 Å². The summed E-state index contributed by atoms with van der Waals surface area (Å²) in [6.07, 6.45) is 1.10. The van der Waals surface area contributed by atoms with Crippen molar-refractivity contribution in [3.05, 3.63) is 24.0 Å². The van der Waals surface area contributed by atoms with Crippen LogP contribution in [0.5, 0.6) is 5.75 Å². The number of hydrogen-bond donors (Lipinski definition) is 1. The van der Waals surface area contributed by atoms with Crippen molar-refractivity contribution in [1.29, 1.82) is 0 Å². The summed E-state index contributed by atoms with van der Waals surface area (Å²) in [7, 11) is 1.53. The average molecular weight is 282 g/mol. The lowest BCUT2D eigenvalue weighted by Gasteiger charge is -2.10. The van der Waals surface area contributed by atoms with Crippen LogP contribution in [0, 0.1) is 11.7 Å². The summed E-state index contributed by atoms with van der Waals surface area (Å²) in [6.45, 7) is 4.41. The van der Waals surface area contributed by atoms with Crippen molar-refractivity contribution in [2.75, 3.05) is 18.2 Å². The molecule has 0 bridgehead atoms. The van der Waals surface area contributed by atoms with Crippen LogP contribution in [0.4, 0.5) is 10.1 Å². The van der Waals surface area contributed by atoms with E-state index < -0.39 is 0 Å². The molecule has 0 amide bonds. The molecule has 1 atom stereocenters. The molecule has 19 heavy (non-hydrogen) atoms. The molecule has 1 unspecified atom stereocenters. The number of aliphatic imine (C=N–C) groups is 1. The molecule has 0 aliphatic carbocycles. The van der Waals surface area contributed by atoms with Gasteiger partial charge in [-0.15, -0.1) is 0 Å². The molecule has 1 aliphatic rings. The van der Waals surface area contributed by atoms with Crippen molar-refractivity contribution < 1.29 is 9.13 Å². The van der Waals surface area contributed by atoms with Crippen LogP contribution in [0.3, 0.4) is 0 Å². The minimum atomic E-state index is -0.305. The second-order valence-corrected chi connectivity index (χ2v) is 6.01. The Balaban J connectivity index is 2.06. The predicted molar refractivity (Wildman–Crippen MR) is 79.7 cm³/mol. The number of amidine groups is 1. The Bertz CT molecular complexity index is 477. The zero-order chi connectivity index (χ0) is 13.8. The van der Waals surface area contributed by atoms with E-state index in [9.17, 15) is 4.39 Å². The smallest absolute Gasteiger partial charge is 0.161 e. The SMILES string of the molecule is COc1cc(F)ccc1NC1=NC(CC(C)C)CS1. The van der Waals surface area contributed by atoms with Crippen LogP contribution in [0.2, 0.25) is 0 Å². The van der Waals surface area contributed by atoms with E-state index in [0.29, 0.717) is 17.7 Å². The highest BCUT2D eigenvalue weighted by Crippen LogP contribution is 2.29. The largest absolute Gasteiger partial charge is 0.494 e. The first-order valence-electron chi connectivity index (χ1n) is 6.39. The van der Waals surface area contributed by atoms with Crippen molar-refractivity contribution in [1.82, 2.24) is 0 Å². The minimum absolute atomic E-state index is 0.305. The fraction of sp³-hybridized carbons (Fsp3) is 0.500. The molecule has 104 valence electrons. The third kappa shape index (κ3) is 3.86. The van der Waals surface area contributed by atoms with Gasteiger partial charge in [0.25, 0.3) is 0 Å². The number of anilines is 1. The molecule has 1 aliphatic heterocycles. The van der Waals surface area contributed by atoms with Crippen molar-refractivity contribution in [2.24, 2.45) is 10.9 Å². The van der Waals surface area contributed by atoms with Gasteiger partial charge in [0.2, 0.25) is 0 Å². The Morgan fingerprint density at radius 2 is 2.32 bits per heavy atom. The Labute approximate surface area is 117 Å². The number of hydrogen-bond acceptors (Lipinski definition) is 4. The number of thioether (sulfide) groups is 1. The highest BCUT2D eigenvalue weighted by Gasteiger charge is 2.20. The van der Waals surface area contributed by atoms with Gasteiger partial charge in [0.15, 0.2) is 5.17 Å². The van der Waals surface area contributed by atoms with Crippen molar-refractivity contribution >= 4 is 22.6 Å². The monoisotopic (exact) mass is 282 g/mol. The van der Waals surface area contributed by atoms with Crippen LogP contribution < -0.4 is 10.1 Å². The first-order valence-corrected chi connectivity index (χ1v) is 7.38. The highest BCUT2D eigenvalue weighted by atomic mass is 32.2. The quantitative estimate of drug-likeness (QED) is 0.913. The fourth-order valence-corrected chi connectivity index (χ4v) is 3.00. The number of ether oxygens (including phenoxy) is 1. The molecule has 0 aromatic heterocycles. The molecule has 0 saturated heterocycles. The lowest BCUT2D eigenvalue weighted by molar-refractivity contribution is 0.413. The van der Waals surface area contributed by atoms with Gasteiger partial charge < -0.3 is 10.1 Å². The molecule has 0 radical (unpaired) electrons. The van der Waals surface area contributed by atoms with Crippen LogP contribution in [-0.4, -0.2) is 24.1 Å². The standard InChI is InChI=1S/C14H19FN2OS/c1-9(2)6-11-8-19-14(16-11)17-12-5-4-10(15)7-13(12)18-3/h4-5,7,9,11H,6,8H2,1-3H3,(H,16,17). The minimum Gasteiger partial charge on any atom is -0.494 e. The summed E-state index contributed by atoms with van der Waals surface area (Å²) < 4.78 is 18.3. The van der Waals surface area contributed by atoms with E-state index in [1.807, 2.05) is 0 Å². The molecule has 0 fully saturated rings. The third-order valence-electron chi connectivity index (χ3n) is 2.86. The Morgan fingerprint density at radius 3 is 3.00 bits per heavy atom. The first-order chi connectivity index (χ1) is 9.08. The number of nitrogens with zero attached hydrogens (tertiary/aromatic N) is 1. The van der Waals surface area contributed by atoms with Crippen molar-refractivity contribution in [3.8, 4) is 5.75 Å². The second kappa shape index (κ2) is 6.28. The number of methoxy groups -OCH3 is 1. The van der Waals surface area contributed by atoms with Gasteiger partial charge in [-0.3, -0.25) is 4.99 Å². The summed E-state index contributed by atoms with van der Waals surface area (Å²) in [5, 5.41) is 4.10. The highest BCUT2D eigenvalue weighted by molar-refractivity contribution is 8.14. The van der Waals surface area contributed by atoms with E-state index in [2.05, 4.69) is 24.2 Å². The van der Waals surface area contributed by atoms with Crippen LogP contribution in [0.15, 0.2) is 23.2 Å². The molecule has 0 saturated carbocycles. The number of benzene rings is 1. The third-order valence-corrected chi connectivity index (χ3v) is 3.89. The van der Waals surface area contributed by atoms with E-state index in [1.54, 1.807) is 17.8 Å². The van der Waals surface area contributed by atoms with Crippen LogP contribution >= 0.6 is 11.8 Å². The van der Waals surface area contributed by atoms with Gasteiger partial charge in [0, 0.05) is 11.8 Å². The maximum absolute atomic E-state index is 13.1. The topological polar surface area (TPSA) is 33.6 Å². The number of rotatable bonds is 4. The molecule has 1 aromatic carbocycles. The first kappa shape index (κ1) is 14.2. The Morgan fingerprint density at radius 1 is 1.53 bits per heavy atom. The molecule has 1 N–H and O–H groups in total. The predicted octanol–water partition coefficient (Wildman–Crippen LogP) is 3.76. The summed E-state index contributed by atoms with van der Waals surface area (Å²) in [4.78, 5) is 4.64. The summed E-state index contributed by atoms with van der Waals surface area (Å²) in [5.41, 5.74) is 0.750. The van der Waals surface area contributed by atoms with Gasteiger partial charge >= 0.3 is 0 Å². The van der Waals surface area contributed by atoms with E-state index in [-0.39, 0.29) is 5.82 Å². The molecular weight excluding hydrogens is 263 g/mol. The number of nitrogens with one attached hydrogen (secondary N) is 1. The number of halogens is 1. The average Bonchev–Trinajstić information content (AvgIpc) is 2.78. The molecule has 1 heterocycles. The van der Waals surface area contributed by atoms with Crippen LogP contribution in [0.25, 0.3) is 0 Å². The van der Waals surface area contributed by atoms with Gasteiger partial charge in [-0.25, -0.2) is 4.39 Å². The molecule has 0 spiro atoms. The van der Waals surface area contributed by atoms with Gasteiger partial charge in [-0.05, 0) is 24.5 Å². The summed E-state index contributed by atoms with van der Waals surface area (Å²) in [5.74, 6) is 1.84. The maximum atomic E-state index is 13.1. The van der Waals surface area contributed by atoms with Crippen LogP contribution in [-0.2, 0) is 0 Å². The lowest BCUT2D eigenvalue weighted by Crippen LogP contribution is -2.08. The van der Waals surface area contributed by atoms with Crippen molar-refractivity contribution in [3.63, 3.8) is 0 Å². The van der Waals surface area contributed by atoms with Gasteiger partial charge in [0.05, 0.1) is 18.8 Å². The van der Waals surface area contributed by atoms with E-state index >= 15 is 0 Å². The second-order valence-electron chi connectivity index (χ2n) is 5.00. The molecule has 5 heteroatoms. The molecule has 2 rings (SSSR count). The van der Waals surface area contributed by atoms with Gasteiger partial charge in [0.1, 0.15) is 11.6 Å². The molecule has 1 aromatic rings. The Kier molecular flexibility index (Phi) is 4.69. The summed E-state index contributed by atoms with van der Waals surface area (Å²) in [6, 6.07) is 4.83. The molecule has 3 nitrogen and oxygen atoms in total. The summed E-state index contributed by atoms with van der Waals surface area (Å²) >= 11 is 1.70. The molecular formula is C14H19FN2OS. The van der Waals surface area contributed by atoms with Gasteiger partial charge in [-0.1, -0.05) is 25.6 Å². The van der Waals surface area contributed by atoms with E-state index in [1.165, 1.54) is 19.2 Å². The van der Waals surface area contributed by atoms with E-state index in [0.717, 1.165) is 23.0 Å². The Hall–Kier alpha value is -1.23.